The normalized spacial score (nSPS) is 11.9. The van der Waals surface area contributed by atoms with E-state index >= 15 is 0 Å². The van der Waals surface area contributed by atoms with Crippen LogP contribution in [0.15, 0.2) is 229 Å². The van der Waals surface area contributed by atoms with E-state index in [0.29, 0.717) is 45.5 Å². The summed E-state index contributed by atoms with van der Waals surface area (Å²) in [6, 6.07) is 80.2. The lowest BCUT2D eigenvalue weighted by Crippen LogP contribution is -2.04. The zero-order valence-electron chi connectivity index (χ0n) is 38.4. The Morgan fingerprint density at radius 1 is 0.389 bits per heavy atom. The molecule has 5 heterocycles. The molecule has 0 unspecified atom stereocenters. The fourth-order valence-electron chi connectivity index (χ4n) is 11.3. The zero-order chi connectivity index (χ0) is 47.4. The average molecular weight is 920 g/mol. The minimum atomic E-state index is 0.402. The molecule has 5 aromatic heterocycles. The van der Waals surface area contributed by atoms with Crippen molar-refractivity contribution in [1.29, 1.82) is 5.26 Å². The van der Waals surface area contributed by atoms with Crippen molar-refractivity contribution in [1.82, 2.24) is 28.7 Å². The molecule has 0 aliphatic rings. The van der Waals surface area contributed by atoms with Crippen molar-refractivity contribution in [3.63, 3.8) is 0 Å². The van der Waals surface area contributed by atoms with E-state index < -0.39 is 0 Å². The summed E-state index contributed by atoms with van der Waals surface area (Å²) in [5.41, 5.74) is 13.0. The molecule has 0 fully saturated rings. The number of fused-ring (bicyclic) bond motifs is 13. The molecule has 0 amide bonds. The van der Waals surface area contributed by atoms with Gasteiger partial charge in [0.2, 0.25) is 0 Å². The number of benzene rings is 10. The lowest BCUT2D eigenvalue weighted by molar-refractivity contribution is 0.669. The SMILES string of the molecule is N#Cc1cc(-c2nc(-c3ccccc3)nc(-c3ccccc3)n2)c2oc3ccccc3c2c1-n1c2ccccc2c2cc(-n3c4ccccc4c4ccccc43)c3c4ccccc4n(-c4ccccc4)c3c21. The van der Waals surface area contributed by atoms with Gasteiger partial charge in [0.05, 0.1) is 61.0 Å². The maximum atomic E-state index is 11.7. The maximum absolute atomic E-state index is 11.7. The van der Waals surface area contributed by atoms with E-state index in [-0.39, 0.29) is 0 Å². The summed E-state index contributed by atoms with van der Waals surface area (Å²) in [7, 11) is 0. The van der Waals surface area contributed by atoms with Crippen molar-refractivity contribution in [2.24, 2.45) is 0 Å². The van der Waals surface area contributed by atoms with Crippen molar-refractivity contribution in [3.8, 4) is 57.3 Å². The van der Waals surface area contributed by atoms with Gasteiger partial charge in [-0.1, -0.05) is 170 Å². The van der Waals surface area contributed by atoms with E-state index in [1.165, 1.54) is 10.8 Å². The summed E-state index contributed by atoms with van der Waals surface area (Å²) >= 11 is 0. The van der Waals surface area contributed by atoms with Crippen LogP contribution in [0.4, 0.5) is 0 Å². The highest BCUT2D eigenvalue weighted by molar-refractivity contribution is 6.28. The summed E-state index contributed by atoms with van der Waals surface area (Å²) in [5.74, 6) is 1.44. The molecule has 0 radical (unpaired) electrons. The van der Waals surface area contributed by atoms with E-state index in [1.54, 1.807) is 0 Å². The predicted molar refractivity (Wildman–Crippen MR) is 291 cm³/mol. The summed E-state index contributed by atoms with van der Waals surface area (Å²) in [6.45, 7) is 0. The molecule has 334 valence electrons. The van der Waals surface area contributed by atoms with Crippen LogP contribution >= 0.6 is 0 Å². The Morgan fingerprint density at radius 2 is 0.861 bits per heavy atom. The molecule has 15 aromatic rings. The van der Waals surface area contributed by atoms with Crippen LogP contribution in [0, 0.1) is 11.3 Å². The quantitative estimate of drug-likeness (QED) is 0.166. The van der Waals surface area contributed by atoms with Gasteiger partial charge < -0.3 is 18.1 Å². The summed E-state index contributed by atoms with van der Waals surface area (Å²) < 4.78 is 14.2. The minimum absolute atomic E-state index is 0.402. The van der Waals surface area contributed by atoms with Gasteiger partial charge in [0.1, 0.15) is 17.2 Å². The fraction of sp³-hybridized carbons (Fsp3) is 0. The monoisotopic (exact) mass is 919 g/mol. The van der Waals surface area contributed by atoms with Crippen LogP contribution in [0.25, 0.3) is 139 Å². The number of hydrogen-bond donors (Lipinski definition) is 0. The molecule has 8 nitrogen and oxygen atoms in total. The van der Waals surface area contributed by atoms with Gasteiger partial charge >= 0.3 is 0 Å². The molecule has 0 saturated heterocycles. The van der Waals surface area contributed by atoms with E-state index in [0.717, 1.165) is 87.9 Å². The summed E-state index contributed by atoms with van der Waals surface area (Å²) in [4.78, 5) is 15.3. The highest BCUT2D eigenvalue weighted by Gasteiger charge is 2.30. The molecule has 0 aliphatic carbocycles. The third-order valence-electron chi connectivity index (χ3n) is 14.3. The van der Waals surface area contributed by atoms with Crippen molar-refractivity contribution >= 4 is 87.4 Å². The molecule has 8 heteroatoms. The highest BCUT2D eigenvalue weighted by atomic mass is 16.3. The Bertz CT molecular complexity index is 4640. The molecular weight excluding hydrogens is 883 g/mol. The molecule has 0 spiro atoms. The summed E-state index contributed by atoms with van der Waals surface area (Å²) in [5, 5.41) is 20.1. The molecule has 0 bridgehead atoms. The van der Waals surface area contributed by atoms with E-state index in [2.05, 4.69) is 159 Å². The molecule has 0 N–H and O–H groups in total. The van der Waals surface area contributed by atoms with Crippen LogP contribution in [-0.4, -0.2) is 28.7 Å². The number of hydrogen-bond acceptors (Lipinski definition) is 5. The van der Waals surface area contributed by atoms with Crippen molar-refractivity contribution in [3.05, 3.63) is 230 Å². The zero-order valence-corrected chi connectivity index (χ0v) is 38.4. The fourth-order valence-corrected chi connectivity index (χ4v) is 11.3. The first-order chi connectivity index (χ1) is 35.7. The van der Waals surface area contributed by atoms with Crippen molar-refractivity contribution in [2.75, 3.05) is 0 Å². The third-order valence-corrected chi connectivity index (χ3v) is 14.3. The average Bonchev–Trinajstić information content (AvgIpc) is 4.20. The van der Waals surface area contributed by atoms with Gasteiger partial charge in [-0.2, -0.15) is 5.26 Å². The van der Waals surface area contributed by atoms with E-state index in [9.17, 15) is 5.26 Å². The summed E-state index contributed by atoms with van der Waals surface area (Å²) in [6.07, 6.45) is 0. The Kier molecular flexibility index (Phi) is 8.55. The van der Waals surface area contributed by atoms with Crippen LogP contribution in [-0.2, 0) is 0 Å². The number of nitriles is 1. The molecule has 15 rings (SSSR count). The third kappa shape index (κ3) is 5.70. The second-order valence-electron chi connectivity index (χ2n) is 18.2. The molecule has 0 atom stereocenters. The van der Waals surface area contributed by atoms with Crippen LogP contribution in [0.2, 0.25) is 0 Å². The Labute approximate surface area is 411 Å². The Morgan fingerprint density at radius 3 is 1.46 bits per heavy atom. The van der Waals surface area contributed by atoms with E-state index in [1.807, 2.05) is 84.9 Å². The Balaban J connectivity index is 1.14. The van der Waals surface area contributed by atoms with Gasteiger partial charge in [-0.15, -0.1) is 0 Å². The first-order valence-corrected chi connectivity index (χ1v) is 24.0. The van der Waals surface area contributed by atoms with Gasteiger partial charge in [0.15, 0.2) is 17.5 Å². The second kappa shape index (κ2) is 15.5. The predicted octanol–water partition coefficient (Wildman–Crippen LogP) is 15.9. The van der Waals surface area contributed by atoms with Crippen molar-refractivity contribution < 1.29 is 4.42 Å². The topological polar surface area (TPSA) is 90.4 Å². The molecule has 10 aromatic carbocycles. The number of aromatic nitrogens is 6. The highest BCUT2D eigenvalue weighted by Crippen LogP contribution is 2.49. The molecule has 72 heavy (non-hydrogen) atoms. The number of nitrogens with zero attached hydrogens (tertiary/aromatic N) is 7. The van der Waals surface area contributed by atoms with E-state index in [4.69, 9.17) is 19.4 Å². The van der Waals surface area contributed by atoms with Crippen LogP contribution in [0.1, 0.15) is 5.56 Å². The smallest absolute Gasteiger partial charge is 0.167 e. The van der Waals surface area contributed by atoms with Gasteiger partial charge in [-0.3, -0.25) is 0 Å². The molecule has 0 saturated carbocycles. The van der Waals surface area contributed by atoms with Crippen LogP contribution < -0.4 is 0 Å². The minimum Gasteiger partial charge on any atom is -0.455 e. The van der Waals surface area contributed by atoms with Crippen molar-refractivity contribution in [2.45, 2.75) is 0 Å². The standard InChI is InChI=1S/C64H37N7O/c65-38-41-36-49(64-67-62(39-20-4-1-5-21-39)66-63(68-64)40-22-6-2-7-23-40)61-57(47-30-14-19-35-55(47)72-61)58(41)71-52-33-17-12-28-45(52)48-37-54(70-50-31-15-10-26-43(50)44-27-11-16-32-51(44)70)56-46-29-13-18-34-53(46)69(60(56)59(48)71)42-24-8-3-9-25-42/h1-37H. The number of para-hydroxylation sites is 6. The second-order valence-corrected chi connectivity index (χ2v) is 18.2. The van der Waals surface area contributed by atoms with Gasteiger partial charge in [-0.25, -0.2) is 15.0 Å². The first kappa shape index (κ1) is 39.9. The van der Waals surface area contributed by atoms with Gasteiger partial charge in [-0.05, 0) is 54.6 Å². The largest absolute Gasteiger partial charge is 0.455 e. The molecular formula is C64H37N7O. The van der Waals surface area contributed by atoms with Crippen LogP contribution in [0.5, 0.6) is 0 Å². The maximum Gasteiger partial charge on any atom is 0.167 e. The van der Waals surface area contributed by atoms with Gasteiger partial charge in [0.25, 0.3) is 0 Å². The number of furan rings is 1. The Hall–Kier alpha value is -10.1. The lowest BCUT2D eigenvalue weighted by Gasteiger charge is -2.17. The van der Waals surface area contributed by atoms with Gasteiger partial charge in [0, 0.05) is 54.5 Å². The van der Waals surface area contributed by atoms with Crippen LogP contribution in [0.3, 0.4) is 0 Å². The first-order valence-electron chi connectivity index (χ1n) is 24.0. The molecule has 0 aliphatic heterocycles. The lowest BCUT2D eigenvalue weighted by atomic mass is 10.0. The number of rotatable bonds is 6.